The van der Waals surface area contributed by atoms with E-state index in [1.807, 2.05) is 43.3 Å². The van der Waals surface area contributed by atoms with Gasteiger partial charge in [-0.2, -0.15) is 0 Å². The average Bonchev–Trinajstić information content (AvgIpc) is 2.89. The average molecular weight is 591 g/mol. The normalized spacial score (nSPS) is 12.0. The number of nitrogens with zero attached hydrogens (tertiary/aromatic N) is 2. The van der Waals surface area contributed by atoms with Crippen LogP contribution >= 0.6 is 23.2 Å². The van der Waals surface area contributed by atoms with Gasteiger partial charge in [-0.15, -0.1) is 0 Å². The van der Waals surface area contributed by atoms with Crippen LogP contribution in [0, 0.1) is 6.92 Å². The number of carbonyl (C=O) groups is 2. The zero-order chi connectivity index (χ0) is 28.6. The van der Waals surface area contributed by atoms with Crippen molar-refractivity contribution in [2.45, 2.75) is 39.3 Å². The summed E-state index contributed by atoms with van der Waals surface area (Å²) in [5, 5.41) is 3.78. The second kappa shape index (κ2) is 13.8. The number of amides is 2. The van der Waals surface area contributed by atoms with Gasteiger partial charge in [0.1, 0.15) is 12.6 Å². The molecule has 0 aliphatic rings. The first kappa shape index (κ1) is 30.5. The van der Waals surface area contributed by atoms with E-state index < -0.39 is 28.5 Å². The summed E-state index contributed by atoms with van der Waals surface area (Å²) in [6, 6.07) is 20.4. The maximum Gasteiger partial charge on any atom is 0.244 e. The van der Waals surface area contributed by atoms with Crippen molar-refractivity contribution in [3.8, 4) is 0 Å². The van der Waals surface area contributed by atoms with Crippen LogP contribution in [0.15, 0.2) is 72.8 Å². The van der Waals surface area contributed by atoms with Crippen LogP contribution in [0.4, 0.5) is 5.69 Å². The van der Waals surface area contributed by atoms with Crippen LogP contribution in [0.1, 0.15) is 30.0 Å². The predicted octanol–water partition coefficient (Wildman–Crippen LogP) is 5.23. The molecule has 208 valence electrons. The predicted molar refractivity (Wildman–Crippen MR) is 158 cm³/mol. The Morgan fingerprint density at radius 3 is 2.26 bits per heavy atom. The fraction of sp³-hybridized carbons (Fsp3) is 0.310. The van der Waals surface area contributed by atoms with Gasteiger partial charge in [-0.1, -0.05) is 78.7 Å². The summed E-state index contributed by atoms with van der Waals surface area (Å²) in [6.07, 6.45) is 2.01. The minimum Gasteiger partial charge on any atom is -0.354 e. The Labute approximate surface area is 240 Å². The van der Waals surface area contributed by atoms with E-state index in [-0.39, 0.29) is 18.9 Å². The van der Waals surface area contributed by atoms with E-state index in [4.69, 9.17) is 23.2 Å². The topological polar surface area (TPSA) is 86.8 Å². The number of rotatable bonds is 12. The molecule has 0 heterocycles. The van der Waals surface area contributed by atoms with Gasteiger partial charge in [-0.25, -0.2) is 8.42 Å². The summed E-state index contributed by atoms with van der Waals surface area (Å²) in [5.41, 5.74) is 2.40. The van der Waals surface area contributed by atoms with Crippen LogP contribution < -0.4 is 9.62 Å². The van der Waals surface area contributed by atoms with Crippen LogP contribution in [0.5, 0.6) is 0 Å². The molecule has 1 N–H and O–H groups in total. The lowest BCUT2D eigenvalue weighted by Crippen LogP contribution is -2.53. The molecule has 0 radical (unpaired) electrons. The molecule has 2 amide bonds. The number of nitrogens with one attached hydrogen (secondary N) is 1. The number of benzene rings is 3. The monoisotopic (exact) mass is 589 g/mol. The van der Waals surface area contributed by atoms with Gasteiger partial charge in [0.15, 0.2) is 0 Å². The summed E-state index contributed by atoms with van der Waals surface area (Å²) in [7, 11) is -3.88. The molecule has 7 nitrogen and oxygen atoms in total. The van der Waals surface area contributed by atoms with Gasteiger partial charge >= 0.3 is 0 Å². The zero-order valence-electron chi connectivity index (χ0n) is 22.2. The molecular weight excluding hydrogens is 557 g/mol. The third-order valence-electron chi connectivity index (χ3n) is 6.25. The molecule has 10 heteroatoms. The lowest BCUT2D eigenvalue weighted by Gasteiger charge is -2.34. The number of sulfonamides is 1. The molecule has 1 unspecified atom stereocenters. The van der Waals surface area contributed by atoms with E-state index in [1.165, 1.54) is 4.90 Å². The van der Waals surface area contributed by atoms with Gasteiger partial charge in [0.25, 0.3) is 0 Å². The molecule has 0 bridgehead atoms. The number of anilines is 1. The van der Waals surface area contributed by atoms with Crippen molar-refractivity contribution in [1.82, 2.24) is 10.2 Å². The van der Waals surface area contributed by atoms with E-state index >= 15 is 0 Å². The van der Waals surface area contributed by atoms with E-state index in [0.29, 0.717) is 33.4 Å². The molecule has 1 atom stereocenters. The first-order valence-electron chi connectivity index (χ1n) is 12.6. The Bertz CT molecular complexity index is 1400. The number of carbonyl (C=O) groups excluding carboxylic acids is 2. The van der Waals surface area contributed by atoms with Gasteiger partial charge in [0, 0.05) is 29.6 Å². The van der Waals surface area contributed by atoms with Gasteiger partial charge in [0.2, 0.25) is 21.8 Å². The van der Waals surface area contributed by atoms with Crippen molar-refractivity contribution in [3.05, 3.63) is 99.5 Å². The first-order chi connectivity index (χ1) is 18.5. The van der Waals surface area contributed by atoms with Crippen molar-refractivity contribution in [3.63, 3.8) is 0 Å². The van der Waals surface area contributed by atoms with Crippen LogP contribution in [0.25, 0.3) is 0 Å². The Balaban J connectivity index is 2.07. The van der Waals surface area contributed by atoms with Crippen LogP contribution in [-0.4, -0.2) is 50.5 Å². The second-order valence-corrected chi connectivity index (χ2v) is 12.1. The van der Waals surface area contributed by atoms with E-state index in [1.54, 1.807) is 43.3 Å². The minimum absolute atomic E-state index is 0.0581. The highest BCUT2D eigenvalue weighted by Gasteiger charge is 2.33. The number of hydrogen-bond donors (Lipinski definition) is 1. The molecule has 0 spiro atoms. The molecule has 0 saturated heterocycles. The highest BCUT2D eigenvalue weighted by Crippen LogP contribution is 2.28. The summed E-state index contributed by atoms with van der Waals surface area (Å²) in [5.74, 6) is -0.853. The molecule has 3 rings (SSSR count). The largest absolute Gasteiger partial charge is 0.354 e. The van der Waals surface area contributed by atoms with Crippen LogP contribution in [0.3, 0.4) is 0 Å². The maximum atomic E-state index is 14.0. The van der Waals surface area contributed by atoms with Crippen molar-refractivity contribution >= 4 is 50.7 Å². The molecule has 3 aromatic carbocycles. The molecule has 39 heavy (non-hydrogen) atoms. The summed E-state index contributed by atoms with van der Waals surface area (Å²) in [6.45, 7) is 3.63. The van der Waals surface area contributed by atoms with Crippen molar-refractivity contribution < 1.29 is 18.0 Å². The van der Waals surface area contributed by atoms with E-state index in [2.05, 4.69) is 5.32 Å². The lowest BCUT2D eigenvalue weighted by atomic mass is 10.0. The summed E-state index contributed by atoms with van der Waals surface area (Å²) < 4.78 is 26.8. The molecule has 0 saturated carbocycles. The Morgan fingerprint density at radius 2 is 1.62 bits per heavy atom. The number of hydrogen-bond acceptors (Lipinski definition) is 4. The fourth-order valence-electron chi connectivity index (χ4n) is 4.21. The first-order valence-corrected chi connectivity index (χ1v) is 15.2. The zero-order valence-corrected chi connectivity index (χ0v) is 24.6. The van der Waals surface area contributed by atoms with Gasteiger partial charge < -0.3 is 10.2 Å². The third-order valence-corrected chi connectivity index (χ3v) is 8.02. The molecular formula is C29H33Cl2N3O4S. The Morgan fingerprint density at radius 1 is 0.949 bits per heavy atom. The minimum atomic E-state index is -3.88. The SMILES string of the molecule is CCCNC(=O)C(Cc1ccccc1)N(Cc1cccc(Cl)c1)C(=O)CN(c1cccc(Cl)c1C)S(C)(=O)=O. The van der Waals surface area contributed by atoms with Gasteiger partial charge in [0.05, 0.1) is 11.9 Å². The number of halogens is 2. The van der Waals surface area contributed by atoms with E-state index in [0.717, 1.165) is 22.5 Å². The fourth-order valence-corrected chi connectivity index (χ4v) is 5.50. The molecule has 3 aromatic rings. The van der Waals surface area contributed by atoms with Gasteiger partial charge in [-0.3, -0.25) is 13.9 Å². The summed E-state index contributed by atoms with van der Waals surface area (Å²) >= 11 is 12.5. The van der Waals surface area contributed by atoms with Crippen molar-refractivity contribution in [2.75, 3.05) is 23.7 Å². The Kier molecular flexibility index (Phi) is 10.8. The maximum absolute atomic E-state index is 14.0. The standard InChI is InChI=1S/C29H33Cl2N3O4S/c1-4-16-32-29(36)27(18-22-10-6-5-7-11-22)33(19-23-12-8-13-24(30)17-23)28(35)20-34(39(3,37)38)26-15-9-14-25(31)21(26)2/h5-15,17,27H,4,16,18-20H2,1-3H3,(H,32,36). The van der Waals surface area contributed by atoms with Crippen LogP contribution in [-0.2, 0) is 32.6 Å². The highest BCUT2D eigenvalue weighted by atomic mass is 35.5. The molecule has 0 aromatic heterocycles. The van der Waals surface area contributed by atoms with Gasteiger partial charge in [-0.05, 0) is 54.3 Å². The molecule has 0 aliphatic carbocycles. The second-order valence-electron chi connectivity index (χ2n) is 9.30. The molecule has 0 aliphatic heterocycles. The highest BCUT2D eigenvalue weighted by molar-refractivity contribution is 7.92. The van der Waals surface area contributed by atoms with E-state index in [9.17, 15) is 18.0 Å². The van der Waals surface area contributed by atoms with Crippen LogP contribution in [0.2, 0.25) is 10.0 Å². The lowest BCUT2D eigenvalue weighted by molar-refractivity contribution is -0.140. The van der Waals surface area contributed by atoms with Crippen molar-refractivity contribution in [2.24, 2.45) is 0 Å². The summed E-state index contributed by atoms with van der Waals surface area (Å²) in [4.78, 5) is 29.0. The quantitative estimate of drug-likeness (QED) is 0.313. The Hall–Kier alpha value is -3.07. The third kappa shape index (κ3) is 8.46. The van der Waals surface area contributed by atoms with Crippen molar-refractivity contribution in [1.29, 1.82) is 0 Å². The smallest absolute Gasteiger partial charge is 0.244 e. The molecule has 0 fully saturated rings.